The van der Waals surface area contributed by atoms with E-state index in [2.05, 4.69) is 51.8 Å². The van der Waals surface area contributed by atoms with Gasteiger partial charge in [0.2, 0.25) is 5.91 Å². The predicted octanol–water partition coefficient (Wildman–Crippen LogP) is 5.57. The summed E-state index contributed by atoms with van der Waals surface area (Å²) in [6.45, 7) is 11.4. The molecule has 22 nitrogen and oxygen atoms in total. The first-order valence-electron chi connectivity index (χ1n) is 23.3. The lowest BCUT2D eigenvalue weighted by atomic mass is 10.1. The summed E-state index contributed by atoms with van der Waals surface area (Å²) in [4.78, 5) is 114. The van der Waals surface area contributed by atoms with Crippen molar-refractivity contribution in [3.05, 3.63) is 100 Å². The zero-order valence-corrected chi connectivity index (χ0v) is 46.3. The number of amides is 6. The maximum absolute atomic E-state index is 13.9. The van der Waals surface area contributed by atoms with Gasteiger partial charge in [-0.1, -0.05) is 26.0 Å². The van der Waals surface area contributed by atoms with E-state index in [4.69, 9.17) is 15.0 Å². The average Bonchev–Trinajstić information content (AvgIpc) is 4.26. The fourth-order valence-electron chi connectivity index (χ4n) is 7.20. The van der Waals surface area contributed by atoms with Crippen LogP contribution in [0.4, 0.5) is 0 Å². The van der Waals surface area contributed by atoms with Crippen molar-refractivity contribution < 1.29 is 44.1 Å². The number of allylic oxidation sites excluding steroid dienone is 2. The molecule has 0 aliphatic carbocycles. The van der Waals surface area contributed by atoms with Gasteiger partial charge < -0.3 is 47.2 Å². The molecular formula is C48H49N13O9S6. The van der Waals surface area contributed by atoms with Crippen LogP contribution in [-0.4, -0.2) is 117 Å². The highest BCUT2D eigenvalue weighted by molar-refractivity contribution is 7.15. The minimum Gasteiger partial charge on any atom is -0.392 e. The number of aromatic nitrogens is 7. The van der Waals surface area contributed by atoms with Crippen molar-refractivity contribution in [2.45, 2.75) is 84.9 Å². The Hall–Kier alpha value is -6.89. The molecule has 0 unspecified atom stereocenters. The Morgan fingerprint density at radius 3 is 1.78 bits per heavy atom. The quantitative estimate of drug-likeness (QED) is 0.0756. The van der Waals surface area contributed by atoms with E-state index in [1.54, 1.807) is 48.2 Å². The number of nitrogens with zero attached hydrogens (tertiary/aromatic N) is 7. The fraction of sp³-hybridized carbons (Fsp3) is 0.312. The van der Waals surface area contributed by atoms with Gasteiger partial charge in [-0.2, -0.15) is 0 Å². The Morgan fingerprint density at radius 1 is 0.605 bits per heavy atom. The molecule has 6 amide bonds. The van der Waals surface area contributed by atoms with Crippen LogP contribution in [0.25, 0.3) is 49.1 Å². The minimum atomic E-state index is -1.45. The number of carbonyl (C=O) groups excluding carboxylic acids is 6. The van der Waals surface area contributed by atoms with E-state index in [1.165, 1.54) is 77.0 Å². The molecule has 7 aromatic rings. The van der Waals surface area contributed by atoms with Crippen molar-refractivity contribution in [2.75, 3.05) is 6.54 Å². The Labute approximate surface area is 458 Å². The second-order valence-electron chi connectivity index (χ2n) is 17.4. The number of aliphatic hydroxyl groups excluding tert-OH is 3. The second-order valence-corrected chi connectivity index (χ2v) is 22.6. The molecule has 7 aromatic heterocycles. The van der Waals surface area contributed by atoms with Crippen LogP contribution in [0.15, 0.2) is 62.3 Å². The van der Waals surface area contributed by atoms with Crippen LogP contribution >= 0.6 is 68.0 Å². The van der Waals surface area contributed by atoms with Crippen LogP contribution in [-0.2, 0) is 9.59 Å². The Bertz CT molecular complexity index is 3380. The van der Waals surface area contributed by atoms with E-state index in [0.29, 0.717) is 53.4 Å². The van der Waals surface area contributed by atoms with E-state index in [1.807, 2.05) is 13.8 Å². The molecule has 0 saturated carbocycles. The normalized spacial score (nSPS) is 18.5. The van der Waals surface area contributed by atoms with E-state index >= 15 is 0 Å². The highest BCUT2D eigenvalue weighted by atomic mass is 32.1. The zero-order valence-electron chi connectivity index (χ0n) is 41.4. The topological polar surface area (TPSA) is 326 Å². The van der Waals surface area contributed by atoms with Crippen molar-refractivity contribution >= 4 is 109 Å². The molecule has 8 heterocycles. The molecule has 1 aliphatic heterocycles. The largest absolute Gasteiger partial charge is 0.392 e. The molecule has 6 atom stereocenters. The number of fused-ring (bicyclic) bond motifs is 11. The van der Waals surface area contributed by atoms with Gasteiger partial charge in [-0.3, -0.25) is 28.8 Å². The lowest BCUT2D eigenvalue weighted by Gasteiger charge is -2.21. The van der Waals surface area contributed by atoms with Gasteiger partial charge in [0.05, 0.1) is 35.7 Å². The maximum atomic E-state index is 13.9. The smallest absolute Gasteiger partial charge is 0.275 e. The molecule has 396 valence electrons. The first kappa shape index (κ1) is 55.3. The number of hydrogen-bond acceptors (Lipinski definition) is 22. The molecule has 28 heteroatoms. The number of carbonyl (C=O) groups is 6. The fourth-order valence-corrected chi connectivity index (χ4v) is 12.4. The van der Waals surface area contributed by atoms with Crippen molar-refractivity contribution in [3.63, 3.8) is 0 Å². The number of rotatable bonds is 10. The van der Waals surface area contributed by atoms with Crippen LogP contribution in [0.2, 0.25) is 0 Å². The summed E-state index contributed by atoms with van der Waals surface area (Å²) in [6.07, 6.45) is -0.261. The zero-order chi connectivity index (χ0) is 54.5. The molecular weight excluding hydrogens is 1100 g/mol. The van der Waals surface area contributed by atoms with Crippen LogP contribution in [0, 0.1) is 5.92 Å². The number of pyridine rings is 1. The van der Waals surface area contributed by atoms with Gasteiger partial charge in [0.1, 0.15) is 87.7 Å². The average molecular weight is 1140 g/mol. The summed E-state index contributed by atoms with van der Waals surface area (Å²) in [6, 6.07) is 0.366. The van der Waals surface area contributed by atoms with Gasteiger partial charge in [-0.15, -0.1) is 68.0 Å². The van der Waals surface area contributed by atoms with Crippen molar-refractivity contribution in [1.29, 1.82) is 0 Å². The third-order valence-electron chi connectivity index (χ3n) is 11.2. The highest BCUT2D eigenvalue weighted by Crippen LogP contribution is 2.38. The van der Waals surface area contributed by atoms with Gasteiger partial charge in [0.15, 0.2) is 0 Å². The van der Waals surface area contributed by atoms with Crippen molar-refractivity contribution in [2.24, 2.45) is 5.92 Å². The van der Waals surface area contributed by atoms with Crippen molar-refractivity contribution in [3.8, 4) is 43.4 Å². The monoisotopic (exact) mass is 1140 g/mol. The van der Waals surface area contributed by atoms with E-state index in [0.717, 1.165) is 34.0 Å². The molecule has 0 saturated heterocycles. The summed E-state index contributed by atoms with van der Waals surface area (Å²) >= 11 is 6.97. The van der Waals surface area contributed by atoms with E-state index in [-0.39, 0.29) is 51.6 Å². The van der Waals surface area contributed by atoms with E-state index in [9.17, 15) is 44.1 Å². The number of thiazole rings is 6. The number of aliphatic hydroxyl groups is 3. The second kappa shape index (κ2) is 24.0. The van der Waals surface area contributed by atoms with Crippen LogP contribution in [0.3, 0.4) is 0 Å². The third-order valence-corrected chi connectivity index (χ3v) is 16.6. The predicted molar refractivity (Wildman–Crippen MR) is 290 cm³/mol. The SMILES string of the molecule is C/C=C(\NC(=O)c1csc(-c2csc(-c3ccc4c(n3)-c3csc(n3)[C@@H]([C@@H](C)O)NC(=O)c3csc(n3)[C@H](C(C)C)NC(=O)c3csc(n3)/C(=C/C)NC(=O)[C@H]([C@@H](C)O)NC(=O)c3csc-4n3)n2)n1)C(=O)NC[C@@H](C)O. The molecule has 0 aromatic carbocycles. The van der Waals surface area contributed by atoms with Crippen molar-refractivity contribution in [1.82, 2.24) is 66.8 Å². The first-order chi connectivity index (χ1) is 36.3. The maximum Gasteiger partial charge on any atom is 0.275 e. The minimum absolute atomic E-state index is 0.00119. The van der Waals surface area contributed by atoms with Crippen LogP contribution in [0.5, 0.6) is 0 Å². The Balaban J connectivity index is 1.15. The Kier molecular flexibility index (Phi) is 17.5. The standard InChI is InChI=1S/C48H49N13O9S6/c1-8-24(37(65)49-12-20(5)62)51-38(66)28-15-73-46(56-28)32-18-74-45(58-32)26-11-10-23-36(50-26)27-13-75-48(53-27)35(22(7)64)61-41(69)31-17-76-47(57-31)33(19(3)4)59-39(67)30-16-72-44(55-30)25(9-2)52-42(70)34(21(6)63)60-40(68)29-14-71-43(23)54-29/h8-11,13-22,33-35,62-64H,12H2,1-7H3,(H,49,65)(H,51,66)(H,52,70)(H,59,67)(H,60,68)(H,61,69)/b24-8-,25-9-/t20-,21-,22-,33+,34+,35-/m1/s1. The van der Waals surface area contributed by atoms with Gasteiger partial charge in [-0.25, -0.2) is 34.9 Å². The molecule has 0 fully saturated rings. The summed E-state index contributed by atoms with van der Waals surface area (Å²) in [7, 11) is 0. The summed E-state index contributed by atoms with van der Waals surface area (Å²) in [5.41, 5.74) is 2.26. The van der Waals surface area contributed by atoms with Gasteiger partial charge in [0.25, 0.3) is 29.5 Å². The highest BCUT2D eigenvalue weighted by Gasteiger charge is 2.32. The molecule has 1 aliphatic rings. The first-order valence-corrected chi connectivity index (χ1v) is 28.6. The van der Waals surface area contributed by atoms with Gasteiger partial charge >= 0.3 is 0 Å². The summed E-state index contributed by atoms with van der Waals surface area (Å²) in [5, 5.41) is 59.6. The van der Waals surface area contributed by atoms with Crippen LogP contribution < -0.4 is 31.9 Å². The molecule has 0 spiro atoms. The Morgan fingerprint density at radius 2 is 1.13 bits per heavy atom. The lowest BCUT2D eigenvalue weighted by molar-refractivity contribution is -0.124. The number of nitrogens with one attached hydrogen (secondary N) is 6. The lowest BCUT2D eigenvalue weighted by Crippen LogP contribution is -2.52. The number of hydrogen-bond donors (Lipinski definition) is 9. The molecule has 8 rings (SSSR count). The summed E-state index contributed by atoms with van der Waals surface area (Å²) in [5.74, 6) is -4.00. The molecule has 8 bridgehead atoms. The molecule has 76 heavy (non-hydrogen) atoms. The van der Waals surface area contributed by atoms with E-state index < -0.39 is 71.9 Å². The third kappa shape index (κ3) is 12.5. The van der Waals surface area contributed by atoms with Crippen LogP contribution in [0.1, 0.15) is 118 Å². The summed E-state index contributed by atoms with van der Waals surface area (Å²) < 4.78 is 0. The van der Waals surface area contributed by atoms with Gasteiger partial charge in [-0.05, 0) is 52.7 Å². The molecule has 0 radical (unpaired) electrons. The molecule has 9 N–H and O–H groups in total. The van der Waals surface area contributed by atoms with Gasteiger partial charge in [0, 0.05) is 44.4 Å².